The Bertz CT molecular complexity index is 1110. The third-order valence-electron chi connectivity index (χ3n) is 4.18. The smallest absolute Gasteiger partial charge is 0.328 e. The molecule has 140 valence electrons. The van der Waals surface area contributed by atoms with Crippen LogP contribution in [-0.2, 0) is 13.0 Å². The van der Waals surface area contributed by atoms with Gasteiger partial charge in [-0.1, -0.05) is 0 Å². The van der Waals surface area contributed by atoms with Crippen molar-refractivity contribution in [3.8, 4) is 0 Å². The second-order valence-electron chi connectivity index (χ2n) is 6.02. The van der Waals surface area contributed by atoms with Crippen LogP contribution in [0.3, 0.4) is 0 Å². The van der Waals surface area contributed by atoms with E-state index >= 15 is 0 Å². The van der Waals surface area contributed by atoms with Crippen molar-refractivity contribution in [2.24, 2.45) is 0 Å². The van der Waals surface area contributed by atoms with Crippen molar-refractivity contribution in [1.29, 1.82) is 0 Å². The summed E-state index contributed by atoms with van der Waals surface area (Å²) in [6.07, 6.45) is 0.256. The molecular formula is C19H17F2N3O3. The number of hydrogen-bond donors (Lipinski definition) is 2. The van der Waals surface area contributed by atoms with Gasteiger partial charge in [-0.05, 0) is 49.2 Å². The minimum Gasteiger partial charge on any atom is -0.352 e. The van der Waals surface area contributed by atoms with Crippen molar-refractivity contribution in [3.63, 3.8) is 0 Å². The van der Waals surface area contributed by atoms with E-state index in [2.05, 4.69) is 10.3 Å². The van der Waals surface area contributed by atoms with Crippen LogP contribution in [0.4, 0.5) is 8.78 Å². The predicted molar refractivity (Wildman–Crippen MR) is 96.9 cm³/mol. The quantitative estimate of drug-likeness (QED) is 0.717. The third kappa shape index (κ3) is 3.94. The maximum atomic E-state index is 13.2. The van der Waals surface area contributed by atoms with E-state index in [9.17, 15) is 23.2 Å². The SMILES string of the molecule is CCn1c(=O)[nH]c2cc(C(=O)NCCc3cc(F)cc(F)c3)ccc2c1=O. The minimum atomic E-state index is -0.674. The highest BCUT2D eigenvalue weighted by Gasteiger charge is 2.11. The molecule has 0 bridgehead atoms. The van der Waals surface area contributed by atoms with Crippen molar-refractivity contribution in [2.75, 3.05) is 6.54 Å². The Morgan fingerprint density at radius 1 is 1.11 bits per heavy atom. The first kappa shape index (κ1) is 18.5. The van der Waals surface area contributed by atoms with E-state index in [4.69, 9.17) is 0 Å². The summed E-state index contributed by atoms with van der Waals surface area (Å²) in [7, 11) is 0. The summed E-state index contributed by atoms with van der Waals surface area (Å²) in [4.78, 5) is 39.0. The molecule has 27 heavy (non-hydrogen) atoms. The van der Waals surface area contributed by atoms with Gasteiger partial charge in [0.2, 0.25) is 0 Å². The monoisotopic (exact) mass is 373 g/mol. The van der Waals surface area contributed by atoms with E-state index in [-0.39, 0.29) is 30.6 Å². The number of aromatic amines is 1. The molecule has 0 spiro atoms. The molecule has 0 saturated heterocycles. The number of H-pyrrole nitrogens is 1. The van der Waals surface area contributed by atoms with Gasteiger partial charge in [-0.15, -0.1) is 0 Å². The number of hydrogen-bond acceptors (Lipinski definition) is 3. The Morgan fingerprint density at radius 2 is 1.81 bits per heavy atom. The summed E-state index contributed by atoms with van der Waals surface area (Å²) in [5.41, 5.74) is -0.000408. The molecule has 0 atom stereocenters. The molecule has 1 aromatic heterocycles. The molecule has 3 aromatic rings. The maximum Gasteiger partial charge on any atom is 0.328 e. The van der Waals surface area contributed by atoms with Gasteiger partial charge in [0.1, 0.15) is 11.6 Å². The van der Waals surface area contributed by atoms with E-state index in [0.717, 1.165) is 10.6 Å². The van der Waals surface area contributed by atoms with Gasteiger partial charge in [-0.2, -0.15) is 0 Å². The molecular weight excluding hydrogens is 356 g/mol. The predicted octanol–water partition coefficient (Wildman–Crippen LogP) is 1.96. The first-order valence-electron chi connectivity index (χ1n) is 8.39. The average molecular weight is 373 g/mol. The minimum absolute atomic E-state index is 0.174. The first-order chi connectivity index (χ1) is 12.9. The van der Waals surface area contributed by atoms with Crippen LogP contribution in [0.5, 0.6) is 0 Å². The van der Waals surface area contributed by atoms with Crippen LogP contribution in [-0.4, -0.2) is 22.0 Å². The number of benzene rings is 2. The lowest BCUT2D eigenvalue weighted by Gasteiger charge is -2.08. The number of carbonyl (C=O) groups excluding carboxylic acids is 1. The van der Waals surface area contributed by atoms with Crippen molar-refractivity contribution < 1.29 is 13.6 Å². The van der Waals surface area contributed by atoms with Gasteiger partial charge in [0.15, 0.2) is 0 Å². The lowest BCUT2D eigenvalue weighted by molar-refractivity contribution is 0.0954. The van der Waals surface area contributed by atoms with Crippen LogP contribution in [0.1, 0.15) is 22.8 Å². The molecule has 8 heteroatoms. The Morgan fingerprint density at radius 3 is 2.48 bits per heavy atom. The Labute approximate surface area is 152 Å². The van der Waals surface area contributed by atoms with Crippen LogP contribution in [0.25, 0.3) is 10.9 Å². The van der Waals surface area contributed by atoms with Crippen LogP contribution in [0, 0.1) is 11.6 Å². The Balaban J connectivity index is 1.76. The summed E-state index contributed by atoms with van der Waals surface area (Å²) in [5.74, 6) is -1.77. The summed E-state index contributed by atoms with van der Waals surface area (Å²) in [5, 5.41) is 2.95. The first-order valence-corrected chi connectivity index (χ1v) is 8.39. The highest BCUT2D eigenvalue weighted by Crippen LogP contribution is 2.10. The van der Waals surface area contributed by atoms with Gasteiger partial charge in [-0.3, -0.25) is 14.2 Å². The fourth-order valence-electron chi connectivity index (χ4n) is 2.86. The number of carbonyl (C=O) groups is 1. The van der Waals surface area contributed by atoms with E-state index < -0.39 is 28.8 Å². The van der Waals surface area contributed by atoms with Gasteiger partial charge < -0.3 is 10.3 Å². The van der Waals surface area contributed by atoms with E-state index in [1.54, 1.807) is 6.92 Å². The highest BCUT2D eigenvalue weighted by atomic mass is 19.1. The van der Waals surface area contributed by atoms with Gasteiger partial charge in [0.25, 0.3) is 11.5 Å². The van der Waals surface area contributed by atoms with E-state index in [1.807, 2.05) is 0 Å². The van der Waals surface area contributed by atoms with Crippen LogP contribution < -0.4 is 16.6 Å². The summed E-state index contributed by atoms with van der Waals surface area (Å²) >= 11 is 0. The molecule has 0 radical (unpaired) electrons. The molecule has 2 N–H and O–H groups in total. The van der Waals surface area contributed by atoms with Gasteiger partial charge >= 0.3 is 5.69 Å². The summed E-state index contributed by atoms with van der Waals surface area (Å²) in [6, 6.07) is 7.58. The topological polar surface area (TPSA) is 84.0 Å². The fraction of sp³-hybridized carbons (Fsp3) is 0.211. The lowest BCUT2D eigenvalue weighted by Crippen LogP contribution is -2.34. The van der Waals surface area contributed by atoms with E-state index in [1.165, 1.54) is 30.3 Å². The fourth-order valence-corrected chi connectivity index (χ4v) is 2.86. The zero-order chi connectivity index (χ0) is 19.6. The van der Waals surface area contributed by atoms with Crippen LogP contribution in [0.15, 0.2) is 46.0 Å². The van der Waals surface area contributed by atoms with Crippen molar-refractivity contribution in [3.05, 3.63) is 80.0 Å². The lowest BCUT2D eigenvalue weighted by atomic mass is 10.1. The third-order valence-corrected chi connectivity index (χ3v) is 4.18. The van der Waals surface area contributed by atoms with Crippen LogP contribution >= 0.6 is 0 Å². The van der Waals surface area contributed by atoms with Crippen molar-refractivity contribution in [2.45, 2.75) is 19.9 Å². The molecule has 0 aliphatic rings. The van der Waals surface area contributed by atoms with E-state index in [0.29, 0.717) is 10.9 Å². The maximum absolute atomic E-state index is 13.2. The molecule has 0 saturated carbocycles. The summed E-state index contributed by atoms with van der Waals surface area (Å²) in [6.45, 7) is 2.11. The second kappa shape index (κ2) is 7.53. The second-order valence-corrected chi connectivity index (χ2v) is 6.02. The average Bonchev–Trinajstić information content (AvgIpc) is 2.60. The van der Waals surface area contributed by atoms with Crippen molar-refractivity contribution >= 4 is 16.8 Å². The standard InChI is InChI=1S/C19H17F2N3O3/c1-2-24-18(26)15-4-3-12(9-16(15)23-19(24)27)17(25)22-6-5-11-7-13(20)10-14(21)8-11/h3-4,7-10H,2,5-6H2,1H3,(H,22,25)(H,23,27). The van der Waals surface area contributed by atoms with Gasteiger partial charge in [0, 0.05) is 24.7 Å². The molecule has 6 nitrogen and oxygen atoms in total. The molecule has 1 heterocycles. The number of halogens is 2. The molecule has 0 unspecified atom stereocenters. The molecule has 0 aliphatic carbocycles. The van der Waals surface area contributed by atoms with Crippen LogP contribution in [0.2, 0.25) is 0 Å². The molecule has 0 aliphatic heterocycles. The molecule has 1 amide bonds. The molecule has 2 aromatic carbocycles. The normalized spacial score (nSPS) is 10.9. The number of aromatic nitrogens is 2. The molecule has 3 rings (SSSR count). The number of nitrogens with zero attached hydrogens (tertiary/aromatic N) is 1. The summed E-state index contributed by atoms with van der Waals surface area (Å²) < 4.78 is 27.4. The Hall–Kier alpha value is -3.29. The number of fused-ring (bicyclic) bond motifs is 1. The Kier molecular flexibility index (Phi) is 5.16. The zero-order valence-electron chi connectivity index (χ0n) is 14.5. The number of nitrogens with one attached hydrogen (secondary N) is 2. The van der Waals surface area contributed by atoms with Gasteiger partial charge in [0.05, 0.1) is 10.9 Å². The zero-order valence-corrected chi connectivity index (χ0v) is 14.5. The highest BCUT2D eigenvalue weighted by molar-refractivity contribution is 5.97. The largest absolute Gasteiger partial charge is 0.352 e. The number of amides is 1. The molecule has 0 fully saturated rings. The van der Waals surface area contributed by atoms with Gasteiger partial charge in [-0.25, -0.2) is 13.6 Å². The number of rotatable bonds is 5. The van der Waals surface area contributed by atoms with Crippen molar-refractivity contribution in [1.82, 2.24) is 14.9 Å².